The molecule has 2 aromatic heterocycles. The molecule has 0 bridgehead atoms. The van der Waals surface area contributed by atoms with E-state index >= 15 is 0 Å². The Morgan fingerprint density at radius 1 is 1.21 bits per heavy atom. The zero-order valence-corrected chi connectivity index (χ0v) is 17.9. The van der Waals surface area contributed by atoms with Crippen LogP contribution in [0.1, 0.15) is 29.9 Å². The summed E-state index contributed by atoms with van der Waals surface area (Å²) < 4.78 is 1.50. The van der Waals surface area contributed by atoms with Crippen LogP contribution in [-0.4, -0.2) is 44.9 Å². The van der Waals surface area contributed by atoms with Crippen LogP contribution in [0.5, 0.6) is 0 Å². The number of carbonyl (C=O) groups is 2. The number of rotatable bonds is 8. The van der Waals surface area contributed by atoms with Gasteiger partial charge >= 0.3 is 0 Å². The van der Waals surface area contributed by atoms with Crippen molar-refractivity contribution in [3.05, 3.63) is 63.5 Å². The average Bonchev–Trinajstić information content (AvgIpc) is 3.19. The molecule has 2 heterocycles. The zero-order chi connectivity index (χ0) is 20.8. The van der Waals surface area contributed by atoms with Crippen molar-refractivity contribution >= 4 is 45.6 Å². The maximum absolute atomic E-state index is 12.3. The highest BCUT2D eigenvalue weighted by molar-refractivity contribution is 7.99. The largest absolute Gasteiger partial charge is 0.339 e. The molecule has 0 fully saturated rings. The van der Waals surface area contributed by atoms with E-state index in [2.05, 4.69) is 10.3 Å². The maximum atomic E-state index is 12.3. The number of benzene rings is 1. The smallest absolute Gasteiger partial charge is 0.258 e. The van der Waals surface area contributed by atoms with Crippen molar-refractivity contribution in [2.45, 2.75) is 19.6 Å². The standard InChI is InChI=1S/C20H22N4O3S2/c1-3-23(4-2)19(27)14-5-7-15(8-6-14)21-17(25)13-28-12-16-11-18(26)24-9-10-29-20(24)22-16/h5-11H,3-4,12-13H2,1-2H3,(H,21,25). The second kappa shape index (κ2) is 9.71. The summed E-state index contributed by atoms with van der Waals surface area (Å²) in [5.74, 6) is 0.557. The Balaban J connectivity index is 1.51. The second-order valence-electron chi connectivity index (χ2n) is 6.24. The molecule has 0 spiro atoms. The Morgan fingerprint density at radius 3 is 2.62 bits per heavy atom. The summed E-state index contributed by atoms with van der Waals surface area (Å²) in [7, 11) is 0. The van der Waals surface area contributed by atoms with Gasteiger partial charge < -0.3 is 10.2 Å². The van der Waals surface area contributed by atoms with Crippen molar-refractivity contribution < 1.29 is 9.59 Å². The Bertz CT molecular complexity index is 1060. The number of aromatic nitrogens is 2. The van der Waals surface area contributed by atoms with Gasteiger partial charge in [0.25, 0.3) is 11.5 Å². The van der Waals surface area contributed by atoms with Crippen LogP contribution < -0.4 is 10.9 Å². The molecule has 1 N–H and O–H groups in total. The molecular formula is C20H22N4O3S2. The topological polar surface area (TPSA) is 83.8 Å². The molecule has 3 aromatic rings. The van der Waals surface area contributed by atoms with Gasteiger partial charge in [-0.05, 0) is 38.1 Å². The molecule has 0 aliphatic rings. The van der Waals surface area contributed by atoms with Crippen LogP contribution in [0.15, 0.2) is 46.7 Å². The summed E-state index contributed by atoms with van der Waals surface area (Å²) in [4.78, 5) is 43.3. The number of nitrogens with zero attached hydrogens (tertiary/aromatic N) is 3. The lowest BCUT2D eigenvalue weighted by atomic mass is 10.2. The van der Waals surface area contributed by atoms with Crippen LogP contribution >= 0.6 is 23.1 Å². The van der Waals surface area contributed by atoms with Crippen LogP contribution in [0.25, 0.3) is 4.96 Å². The minimum absolute atomic E-state index is 0.0189. The Kier molecular flexibility index (Phi) is 7.05. The van der Waals surface area contributed by atoms with Gasteiger partial charge in [-0.2, -0.15) is 0 Å². The van der Waals surface area contributed by atoms with Crippen LogP contribution in [0.2, 0.25) is 0 Å². The van der Waals surface area contributed by atoms with Crippen LogP contribution in [0, 0.1) is 0 Å². The first-order chi connectivity index (χ1) is 14.0. The van der Waals surface area contributed by atoms with Crippen LogP contribution in [-0.2, 0) is 10.5 Å². The third-order valence-corrected chi connectivity index (χ3v) is 6.03. The predicted octanol–water partition coefficient (Wildman–Crippen LogP) is 3.11. The highest BCUT2D eigenvalue weighted by Gasteiger charge is 2.12. The normalized spacial score (nSPS) is 10.8. The molecule has 0 aliphatic heterocycles. The second-order valence-corrected chi connectivity index (χ2v) is 8.10. The maximum Gasteiger partial charge on any atom is 0.258 e. The lowest BCUT2D eigenvalue weighted by Gasteiger charge is -2.18. The molecule has 152 valence electrons. The van der Waals surface area contributed by atoms with Crippen molar-refractivity contribution in [2.24, 2.45) is 0 Å². The summed E-state index contributed by atoms with van der Waals surface area (Å²) in [6, 6.07) is 8.39. The first kappa shape index (κ1) is 21.1. The fraction of sp³-hybridized carbons (Fsp3) is 0.300. The Hall–Kier alpha value is -2.65. The number of carbonyl (C=O) groups excluding carboxylic acids is 2. The summed E-state index contributed by atoms with van der Waals surface area (Å²) in [6.45, 7) is 5.20. The van der Waals surface area contributed by atoms with Gasteiger partial charge in [-0.15, -0.1) is 23.1 Å². The highest BCUT2D eigenvalue weighted by atomic mass is 32.2. The van der Waals surface area contributed by atoms with Gasteiger partial charge in [0.2, 0.25) is 5.91 Å². The van der Waals surface area contributed by atoms with Crippen LogP contribution in [0.3, 0.4) is 0 Å². The molecule has 0 unspecified atom stereocenters. The quantitative estimate of drug-likeness (QED) is 0.594. The lowest BCUT2D eigenvalue weighted by molar-refractivity contribution is -0.113. The monoisotopic (exact) mass is 430 g/mol. The van der Waals surface area contributed by atoms with E-state index in [9.17, 15) is 14.4 Å². The van der Waals surface area contributed by atoms with Crippen LogP contribution in [0.4, 0.5) is 5.69 Å². The summed E-state index contributed by atoms with van der Waals surface area (Å²) in [6.07, 6.45) is 1.70. The van der Waals surface area contributed by atoms with E-state index in [1.54, 1.807) is 35.4 Å². The van der Waals surface area contributed by atoms with Crippen molar-refractivity contribution in [1.29, 1.82) is 0 Å². The summed E-state index contributed by atoms with van der Waals surface area (Å²) >= 11 is 2.79. The van der Waals surface area contributed by atoms with E-state index in [0.29, 0.717) is 40.7 Å². The minimum atomic E-state index is -0.147. The van der Waals surface area contributed by atoms with E-state index in [0.717, 1.165) is 0 Å². The first-order valence-electron chi connectivity index (χ1n) is 9.24. The number of thiazole rings is 1. The minimum Gasteiger partial charge on any atom is -0.339 e. The number of hydrogen-bond acceptors (Lipinski definition) is 6. The average molecular weight is 431 g/mol. The van der Waals surface area contributed by atoms with E-state index in [-0.39, 0.29) is 23.1 Å². The van der Waals surface area contributed by atoms with Gasteiger partial charge in [0, 0.05) is 47.7 Å². The number of fused-ring (bicyclic) bond motifs is 1. The summed E-state index contributed by atoms with van der Waals surface area (Å²) in [5.41, 5.74) is 1.79. The van der Waals surface area contributed by atoms with E-state index in [1.165, 1.54) is 33.6 Å². The highest BCUT2D eigenvalue weighted by Crippen LogP contribution is 2.15. The van der Waals surface area contributed by atoms with Crippen molar-refractivity contribution in [3.63, 3.8) is 0 Å². The van der Waals surface area contributed by atoms with E-state index in [4.69, 9.17) is 0 Å². The Morgan fingerprint density at radius 2 is 1.93 bits per heavy atom. The van der Waals surface area contributed by atoms with Crippen molar-refractivity contribution in [2.75, 3.05) is 24.2 Å². The first-order valence-corrected chi connectivity index (χ1v) is 11.3. The number of hydrogen-bond donors (Lipinski definition) is 1. The molecule has 0 saturated carbocycles. The van der Waals surface area contributed by atoms with Gasteiger partial charge in [0.15, 0.2) is 4.96 Å². The number of thioether (sulfide) groups is 1. The van der Waals surface area contributed by atoms with Crippen molar-refractivity contribution in [1.82, 2.24) is 14.3 Å². The summed E-state index contributed by atoms with van der Waals surface area (Å²) in [5, 5.41) is 4.63. The molecule has 0 aliphatic carbocycles. The van der Waals surface area contributed by atoms with Crippen molar-refractivity contribution in [3.8, 4) is 0 Å². The fourth-order valence-corrected chi connectivity index (χ4v) is 4.25. The number of anilines is 1. The van der Waals surface area contributed by atoms with Gasteiger partial charge in [-0.25, -0.2) is 4.98 Å². The molecular weight excluding hydrogens is 408 g/mol. The Labute approximate surface area is 176 Å². The van der Waals surface area contributed by atoms with Gasteiger partial charge in [-0.3, -0.25) is 18.8 Å². The molecule has 3 rings (SSSR count). The third kappa shape index (κ3) is 5.24. The van der Waals surface area contributed by atoms with Gasteiger partial charge in [-0.1, -0.05) is 0 Å². The molecule has 0 atom stereocenters. The molecule has 9 heteroatoms. The SMILES string of the molecule is CCN(CC)C(=O)c1ccc(NC(=O)CSCc2cc(=O)n3ccsc3n2)cc1. The van der Waals surface area contributed by atoms with E-state index < -0.39 is 0 Å². The molecule has 29 heavy (non-hydrogen) atoms. The van der Waals surface area contributed by atoms with E-state index in [1.807, 2.05) is 19.2 Å². The molecule has 0 radical (unpaired) electrons. The molecule has 2 amide bonds. The fourth-order valence-electron chi connectivity index (χ4n) is 2.80. The molecule has 7 nitrogen and oxygen atoms in total. The number of amides is 2. The number of nitrogens with one attached hydrogen (secondary N) is 1. The molecule has 1 aromatic carbocycles. The molecule has 0 saturated heterocycles. The lowest BCUT2D eigenvalue weighted by Crippen LogP contribution is -2.30. The van der Waals surface area contributed by atoms with Gasteiger partial charge in [0.05, 0.1) is 11.4 Å². The zero-order valence-electron chi connectivity index (χ0n) is 16.3. The van der Waals surface area contributed by atoms with Gasteiger partial charge in [0.1, 0.15) is 0 Å². The third-order valence-electron chi connectivity index (χ3n) is 4.31. The predicted molar refractivity (Wildman–Crippen MR) is 118 cm³/mol.